The molecule has 15 heavy (non-hydrogen) atoms. The highest BCUT2D eigenvalue weighted by Gasteiger charge is 2.15. The normalized spacial score (nSPS) is 14.6. The molecule has 0 aromatic heterocycles. The summed E-state index contributed by atoms with van der Waals surface area (Å²) in [5, 5.41) is 9.79. The minimum Gasteiger partial charge on any atom is -0.393 e. The standard InChI is InChI=1S/C14H30O/c1-12(2)9-7-6-8-10-13(15)11-14(3,4)5/h12-13,15H,6-11H2,1-5H3. The molecule has 1 nitrogen and oxygen atoms in total. The lowest BCUT2D eigenvalue weighted by atomic mass is 9.87. The van der Waals surface area contributed by atoms with Crippen molar-refractivity contribution in [1.29, 1.82) is 0 Å². The van der Waals surface area contributed by atoms with Gasteiger partial charge in [0.1, 0.15) is 0 Å². The maximum absolute atomic E-state index is 9.79. The van der Waals surface area contributed by atoms with Crippen LogP contribution in [-0.4, -0.2) is 11.2 Å². The zero-order valence-corrected chi connectivity index (χ0v) is 11.3. The van der Waals surface area contributed by atoms with Crippen molar-refractivity contribution in [2.24, 2.45) is 11.3 Å². The van der Waals surface area contributed by atoms with Crippen molar-refractivity contribution in [3.63, 3.8) is 0 Å². The Morgan fingerprint density at radius 3 is 1.93 bits per heavy atom. The van der Waals surface area contributed by atoms with Gasteiger partial charge in [0.05, 0.1) is 6.10 Å². The highest BCUT2D eigenvalue weighted by molar-refractivity contribution is 4.68. The van der Waals surface area contributed by atoms with E-state index in [0.717, 1.165) is 18.8 Å². The molecule has 0 radical (unpaired) electrons. The fourth-order valence-corrected chi connectivity index (χ4v) is 1.92. The van der Waals surface area contributed by atoms with Gasteiger partial charge in [0.15, 0.2) is 0 Å². The first kappa shape index (κ1) is 15.0. The van der Waals surface area contributed by atoms with Crippen LogP contribution in [0, 0.1) is 11.3 Å². The second-order valence-electron chi connectivity index (χ2n) is 6.45. The Balaban J connectivity index is 3.36. The molecule has 0 aliphatic heterocycles. The average molecular weight is 214 g/mol. The molecule has 0 rings (SSSR count). The van der Waals surface area contributed by atoms with Crippen LogP contribution in [0.3, 0.4) is 0 Å². The van der Waals surface area contributed by atoms with Gasteiger partial charge >= 0.3 is 0 Å². The van der Waals surface area contributed by atoms with Gasteiger partial charge in [0, 0.05) is 0 Å². The maximum atomic E-state index is 9.79. The number of hydrogen-bond donors (Lipinski definition) is 1. The molecule has 0 aliphatic rings. The summed E-state index contributed by atoms with van der Waals surface area (Å²) >= 11 is 0. The van der Waals surface area contributed by atoms with E-state index in [1.54, 1.807) is 0 Å². The molecule has 0 saturated heterocycles. The lowest BCUT2D eigenvalue weighted by Gasteiger charge is -2.22. The third-order valence-corrected chi connectivity index (χ3v) is 2.67. The third kappa shape index (κ3) is 11.9. The molecule has 0 aromatic rings. The molecule has 0 heterocycles. The van der Waals surface area contributed by atoms with Gasteiger partial charge in [-0.25, -0.2) is 0 Å². The molecule has 0 bridgehead atoms. The average Bonchev–Trinajstić information content (AvgIpc) is 1.99. The minimum absolute atomic E-state index is 0.0935. The summed E-state index contributed by atoms with van der Waals surface area (Å²) < 4.78 is 0. The van der Waals surface area contributed by atoms with Crippen molar-refractivity contribution in [1.82, 2.24) is 0 Å². The Morgan fingerprint density at radius 2 is 1.47 bits per heavy atom. The second-order valence-corrected chi connectivity index (χ2v) is 6.45. The van der Waals surface area contributed by atoms with Crippen molar-refractivity contribution < 1.29 is 5.11 Å². The van der Waals surface area contributed by atoms with Crippen LogP contribution in [0.25, 0.3) is 0 Å². The molecule has 0 amide bonds. The SMILES string of the molecule is CC(C)CCCCCC(O)CC(C)(C)C. The number of aliphatic hydroxyl groups is 1. The van der Waals surface area contributed by atoms with E-state index in [1.807, 2.05) is 0 Å². The molecular formula is C14H30O. The highest BCUT2D eigenvalue weighted by atomic mass is 16.3. The van der Waals surface area contributed by atoms with Crippen molar-refractivity contribution in [2.45, 2.75) is 79.2 Å². The van der Waals surface area contributed by atoms with Crippen LogP contribution in [0.5, 0.6) is 0 Å². The highest BCUT2D eigenvalue weighted by Crippen LogP contribution is 2.23. The van der Waals surface area contributed by atoms with E-state index in [1.165, 1.54) is 25.7 Å². The summed E-state index contributed by atoms with van der Waals surface area (Å²) in [6.45, 7) is 11.1. The molecule has 1 unspecified atom stereocenters. The summed E-state index contributed by atoms with van der Waals surface area (Å²) in [6.07, 6.45) is 6.93. The van der Waals surface area contributed by atoms with Gasteiger partial charge in [-0.1, -0.05) is 60.3 Å². The van der Waals surface area contributed by atoms with E-state index >= 15 is 0 Å². The molecule has 0 saturated carbocycles. The van der Waals surface area contributed by atoms with E-state index in [4.69, 9.17) is 0 Å². The zero-order valence-electron chi connectivity index (χ0n) is 11.3. The van der Waals surface area contributed by atoms with E-state index in [9.17, 15) is 5.11 Å². The van der Waals surface area contributed by atoms with Crippen LogP contribution < -0.4 is 0 Å². The van der Waals surface area contributed by atoms with Crippen molar-refractivity contribution in [3.8, 4) is 0 Å². The minimum atomic E-state index is -0.0935. The number of aliphatic hydroxyl groups excluding tert-OH is 1. The van der Waals surface area contributed by atoms with Crippen LogP contribution in [0.1, 0.15) is 73.1 Å². The molecule has 0 aliphatic carbocycles. The molecule has 92 valence electrons. The predicted molar refractivity (Wildman–Crippen MR) is 68.0 cm³/mol. The predicted octanol–water partition coefficient (Wildman–Crippen LogP) is 4.39. The first-order valence-electron chi connectivity index (χ1n) is 6.49. The Hall–Kier alpha value is -0.0400. The zero-order chi connectivity index (χ0) is 11.9. The van der Waals surface area contributed by atoms with E-state index in [0.29, 0.717) is 0 Å². The molecular weight excluding hydrogens is 184 g/mol. The van der Waals surface area contributed by atoms with Crippen LogP contribution >= 0.6 is 0 Å². The second kappa shape index (κ2) is 7.27. The first-order chi connectivity index (χ1) is 6.81. The number of rotatable bonds is 7. The van der Waals surface area contributed by atoms with E-state index in [2.05, 4.69) is 34.6 Å². The Morgan fingerprint density at radius 1 is 0.933 bits per heavy atom. The van der Waals surface area contributed by atoms with Gasteiger partial charge in [-0.3, -0.25) is 0 Å². The van der Waals surface area contributed by atoms with Crippen LogP contribution in [-0.2, 0) is 0 Å². The van der Waals surface area contributed by atoms with Gasteiger partial charge < -0.3 is 5.11 Å². The van der Waals surface area contributed by atoms with Crippen molar-refractivity contribution in [3.05, 3.63) is 0 Å². The van der Waals surface area contributed by atoms with Gasteiger partial charge in [-0.05, 0) is 24.2 Å². The Kier molecular flexibility index (Phi) is 7.25. The number of hydrogen-bond acceptors (Lipinski definition) is 1. The molecule has 0 spiro atoms. The van der Waals surface area contributed by atoms with Crippen LogP contribution in [0.4, 0.5) is 0 Å². The third-order valence-electron chi connectivity index (χ3n) is 2.67. The van der Waals surface area contributed by atoms with E-state index in [-0.39, 0.29) is 11.5 Å². The molecule has 1 N–H and O–H groups in total. The number of unbranched alkanes of at least 4 members (excludes halogenated alkanes) is 2. The lowest BCUT2D eigenvalue weighted by Crippen LogP contribution is -2.17. The fourth-order valence-electron chi connectivity index (χ4n) is 1.92. The smallest absolute Gasteiger partial charge is 0.0545 e. The Bertz CT molecular complexity index is 144. The summed E-state index contributed by atoms with van der Waals surface area (Å²) in [4.78, 5) is 0. The van der Waals surface area contributed by atoms with E-state index < -0.39 is 0 Å². The molecule has 0 fully saturated rings. The Labute approximate surface area is 96.3 Å². The largest absolute Gasteiger partial charge is 0.393 e. The summed E-state index contributed by atoms with van der Waals surface area (Å²) in [5.41, 5.74) is 0.261. The van der Waals surface area contributed by atoms with Crippen molar-refractivity contribution in [2.75, 3.05) is 0 Å². The summed E-state index contributed by atoms with van der Waals surface area (Å²) in [5.74, 6) is 0.824. The lowest BCUT2D eigenvalue weighted by molar-refractivity contribution is 0.110. The van der Waals surface area contributed by atoms with Gasteiger partial charge in [0.25, 0.3) is 0 Å². The molecule has 0 aromatic carbocycles. The van der Waals surface area contributed by atoms with Gasteiger partial charge in [0.2, 0.25) is 0 Å². The maximum Gasteiger partial charge on any atom is 0.0545 e. The first-order valence-corrected chi connectivity index (χ1v) is 6.49. The van der Waals surface area contributed by atoms with Gasteiger partial charge in [-0.2, -0.15) is 0 Å². The fraction of sp³-hybridized carbons (Fsp3) is 1.00. The molecule has 1 heteroatoms. The van der Waals surface area contributed by atoms with Gasteiger partial charge in [-0.15, -0.1) is 0 Å². The monoisotopic (exact) mass is 214 g/mol. The quantitative estimate of drug-likeness (QED) is 0.623. The van der Waals surface area contributed by atoms with Crippen LogP contribution in [0.15, 0.2) is 0 Å². The topological polar surface area (TPSA) is 20.2 Å². The van der Waals surface area contributed by atoms with Crippen LogP contribution in [0.2, 0.25) is 0 Å². The molecule has 1 atom stereocenters. The summed E-state index contributed by atoms with van der Waals surface area (Å²) in [7, 11) is 0. The summed E-state index contributed by atoms with van der Waals surface area (Å²) in [6, 6.07) is 0. The van der Waals surface area contributed by atoms with Crippen molar-refractivity contribution >= 4 is 0 Å².